The summed E-state index contributed by atoms with van der Waals surface area (Å²) in [4.78, 5) is 10.8. The Morgan fingerprint density at radius 3 is 2.22 bits per heavy atom. The van der Waals surface area contributed by atoms with Gasteiger partial charge in [-0.15, -0.1) is 11.8 Å². The second kappa shape index (κ2) is 11.9. The quantitative estimate of drug-likeness (QED) is 0.355. The van der Waals surface area contributed by atoms with Crippen LogP contribution in [-0.4, -0.2) is 52.4 Å². The Labute approximate surface area is 218 Å². The minimum Gasteiger partial charge on any atom is -0.444 e. The number of rotatable bonds is 10. The lowest BCUT2D eigenvalue weighted by Gasteiger charge is -2.23. The molecule has 0 saturated heterocycles. The monoisotopic (exact) mass is 583 g/mol. The average molecular weight is 584 g/mol. The van der Waals surface area contributed by atoms with E-state index < -0.39 is 58.6 Å². The normalized spacial score (nSPS) is 13.6. The number of amides is 1. The fraction of sp³-hybridized carbons (Fsp3) is 0.409. The topological polar surface area (TPSA) is 145 Å². The summed E-state index contributed by atoms with van der Waals surface area (Å²) in [7, 11) is -10.4. The van der Waals surface area contributed by atoms with Gasteiger partial charge >= 0.3 is 11.6 Å². The number of alkyl halides is 3. The first-order valence-corrected chi connectivity index (χ1v) is 14.8. The molecule has 0 fully saturated rings. The third-order valence-electron chi connectivity index (χ3n) is 4.59. The molecule has 15 heteroatoms. The third kappa shape index (κ3) is 9.39. The van der Waals surface area contributed by atoms with E-state index in [1.807, 2.05) is 18.2 Å². The maximum atomic E-state index is 13.4. The summed E-state index contributed by atoms with van der Waals surface area (Å²) in [6, 6.07) is 10.6. The molecule has 0 aliphatic heterocycles. The summed E-state index contributed by atoms with van der Waals surface area (Å²) in [5, 5.41) is 10.3. The van der Waals surface area contributed by atoms with Gasteiger partial charge in [0.2, 0.25) is 10.0 Å². The zero-order valence-electron chi connectivity index (χ0n) is 20.2. The number of carbonyl (C=O) groups is 1. The van der Waals surface area contributed by atoms with Crippen molar-refractivity contribution in [3.05, 3.63) is 48.5 Å². The highest BCUT2D eigenvalue weighted by Gasteiger charge is 2.48. The highest BCUT2D eigenvalue weighted by Crippen LogP contribution is 2.36. The number of sulfone groups is 1. The van der Waals surface area contributed by atoms with Crippen LogP contribution in [0.4, 0.5) is 23.7 Å². The van der Waals surface area contributed by atoms with E-state index in [1.165, 1.54) is 11.8 Å². The second-order valence-electron chi connectivity index (χ2n) is 8.83. The van der Waals surface area contributed by atoms with Crippen molar-refractivity contribution in [2.24, 2.45) is 5.14 Å². The van der Waals surface area contributed by atoms with Crippen molar-refractivity contribution in [1.29, 1.82) is 0 Å². The van der Waals surface area contributed by atoms with Crippen molar-refractivity contribution in [3.8, 4) is 0 Å². The first-order chi connectivity index (χ1) is 16.9. The SMILES string of the molecule is CC(C)(C)OC(=O)NCCC(CSc1ccccc1)Nc1ccc(S(N)(=O)=O)cc1S(=O)(=O)C(F)(F)F. The number of primary sulfonamides is 1. The maximum absolute atomic E-state index is 13.4. The molecule has 9 nitrogen and oxygen atoms in total. The predicted molar refractivity (Wildman–Crippen MR) is 134 cm³/mol. The number of nitrogens with two attached hydrogens (primary N) is 1. The standard InChI is InChI=1S/C22H28F3N3O6S3/c1-21(2,3)34-20(29)27-12-11-15(14-35-16-7-5-4-6-8-16)28-18-10-9-17(37(26,32)33)13-19(18)36(30,31)22(23,24)25/h4-10,13,15,28H,11-12,14H2,1-3H3,(H,27,29)(H2,26,32,33). The molecule has 2 rings (SSSR count). The van der Waals surface area contributed by atoms with E-state index in [4.69, 9.17) is 9.88 Å². The van der Waals surface area contributed by atoms with Gasteiger partial charge in [-0.1, -0.05) is 18.2 Å². The van der Waals surface area contributed by atoms with Crippen LogP contribution >= 0.6 is 11.8 Å². The summed E-state index contributed by atoms with van der Waals surface area (Å²) in [6.07, 6.45) is -0.526. The smallest absolute Gasteiger partial charge is 0.444 e. The summed E-state index contributed by atoms with van der Waals surface area (Å²) in [5.41, 5.74) is -6.88. The zero-order chi connectivity index (χ0) is 28.1. The van der Waals surface area contributed by atoms with Crippen LogP contribution in [0.2, 0.25) is 0 Å². The van der Waals surface area contributed by atoms with Gasteiger partial charge in [-0.05, 0) is 57.5 Å². The summed E-state index contributed by atoms with van der Waals surface area (Å²) in [6.45, 7) is 5.10. The van der Waals surface area contributed by atoms with Crippen molar-refractivity contribution in [2.75, 3.05) is 17.6 Å². The molecule has 0 aliphatic carbocycles. The van der Waals surface area contributed by atoms with Crippen molar-refractivity contribution in [3.63, 3.8) is 0 Å². The lowest BCUT2D eigenvalue weighted by molar-refractivity contribution is -0.0435. The van der Waals surface area contributed by atoms with Gasteiger partial charge in [-0.2, -0.15) is 13.2 Å². The number of carbonyl (C=O) groups excluding carboxylic acids is 1. The van der Waals surface area contributed by atoms with Gasteiger partial charge in [0, 0.05) is 23.2 Å². The molecule has 2 aromatic carbocycles. The van der Waals surface area contributed by atoms with Crippen LogP contribution in [-0.2, 0) is 24.6 Å². The lowest BCUT2D eigenvalue weighted by atomic mass is 10.2. The Morgan fingerprint density at radius 1 is 1.05 bits per heavy atom. The number of alkyl carbamates (subject to hydrolysis) is 1. The molecule has 0 saturated carbocycles. The molecule has 0 aliphatic rings. The van der Waals surface area contributed by atoms with Gasteiger partial charge in [-0.3, -0.25) is 0 Å². The molecule has 0 aromatic heterocycles. The number of anilines is 1. The molecule has 2 aromatic rings. The molecule has 206 valence electrons. The number of hydrogen-bond acceptors (Lipinski definition) is 8. The highest BCUT2D eigenvalue weighted by molar-refractivity contribution is 7.99. The Bertz CT molecular complexity index is 1300. The van der Waals surface area contributed by atoms with Gasteiger partial charge in [0.05, 0.1) is 10.6 Å². The molecule has 1 amide bonds. The van der Waals surface area contributed by atoms with E-state index in [-0.39, 0.29) is 18.7 Å². The first-order valence-electron chi connectivity index (χ1n) is 10.8. The number of thioether (sulfide) groups is 1. The third-order valence-corrected chi connectivity index (χ3v) is 8.20. The first kappa shape index (κ1) is 30.7. The van der Waals surface area contributed by atoms with Gasteiger partial charge in [0.25, 0.3) is 9.84 Å². The minimum atomic E-state index is -5.94. The van der Waals surface area contributed by atoms with E-state index >= 15 is 0 Å². The summed E-state index contributed by atoms with van der Waals surface area (Å²) >= 11 is 1.35. The van der Waals surface area contributed by atoms with Crippen molar-refractivity contribution in [1.82, 2.24) is 5.32 Å². The largest absolute Gasteiger partial charge is 0.501 e. The Kier molecular flexibility index (Phi) is 9.90. The van der Waals surface area contributed by atoms with Crippen molar-refractivity contribution < 1.29 is 39.5 Å². The van der Waals surface area contributed by atoms with Crippen LogP contribution in [0.3, 0.4) is 0 Å². The van der Waals surface area contributed by atoms with Gasteiger partial charge in [-0.25, -0.2) is 26.8 Å². The second-order valence-corrected chi connectivity index (χ2v) is 13.4. The molecule has 0 bridgehead atoms. The molecule has 0 heterocycles. The van der Waals surface area contributed by atoms with Crippen molar-refractivity contribution >= 4 is 43.4 Å². The van der Waals surface area contributed by atoms with Crippen LogP contribution in [0.25, 0.3) is 0 Å². The number of sulfonamides is 1. The molecular formula is C22H28F3N3O6S3. The van der Waals surface area contributed by atoms with E-state index in [0.29, 0.717) is 6.07 Å². The highest BCUT2D eigenvalue weighted by atomic mass is 32.2. The van der Waals surface area contributed by atoms with E-state index in [9.17, 15) is 34.8 Å². The maximum Gasteiger partial charge on any atom is 0.501 e. The Hall–Kier alpha value is -2.49. The number of halogens is 3. The summed E-state index contributed by atoms with van der Waals surface area (Å²) < 4.78 is 93.3. The Morgan fingerprint density at radius 2 is 1.68 bits per heavy atom. The molecular weight excluding hydrogens is 555 g/mol. The van der Waals surface area contributed by atoms with Gasteiger partial charge < -0.3 is 15.4 Å². The van der Waals surface area contributed by atoms with Crippen LogP contribution in [0.5, 0.6) is 0 Å². The zero-order valence-corrected chi connectivity index (χ0v) is 22.7. The van der Waals surface area contributed by atoms with E-state index in [2.05, 4.69) is 10.6 Å². The lowest BCUT2D eigenvalue weighted by Crippen LogP contribution is -2.35. The number of ether oxygens (including phenoxy) is 1. The van der Waals surface area contributed by atoms with Crippen LogP contribution in [0, 0.1) is 0 Å². The molecule has 0 spiro atoms. The van der Waals surface area contributed by atoms with Crippen LogP contribution in [0.15, 0.2) is 63.2 Å². The molecule has 1 atom stereocenters. The number of nitrogens with one attached hydrogen (secondary N) is 2. The van der Waals surface area contributed by atoms with Gasteiger partial charge in [0.15, 0.2) is 0 Å². The Balaban J connectivity index is 2.36. The number of benzene rings is 2. The molecule has 0 radical (unpaired) electrons. The van der Waals surface area contributed by atoms with E-state index in [1.54, 1.807) is 32.9 Å². The average Bonchev–Trinajstić information content (AvgIpc) is 2.75. The fourth-order valence-electron chi connectivity index (χ4n) is 2.94. The van der Waals surface area contributed by atoms with Crippen LogP contribution < -0.4 is 15.8 Å². The van der Waals surface area contributed by atoms with Gasteiger partial charge in [0.1, 0.15) is 10.5 Å². The van der Waals surface area contributed by atoms with E-state index in [0.717, 1.165) is 17.0 Å². The van der Waals surface area contributed by atoms with Crippen molar-refractivity contribution in [2.45, 2.75) is 59.0 Å². The molecule has 1 unspecified atom stereocenters. The minimum absolute atomic E-state index is 0.0541. The molecule has 4 N–H and O–H groups in total. The van der Waals surface area contributed by atoms with Crippen LogP contribution in [0.1, 0.15) is 27.2 Å². The fourth-order valence-corrected chi connectivity index (χ4v) is 5.49. The predicted octanol–water partition coefficient (Wildman–Crippen LogP) is 4.12. The molecule has 37 heavy (non-hydrogen) atoms. The summed E-state index contributed by atoms with van der Waals surface area (Å²) in [5.74, 6) is 0.266. The number of hydrogen-bond donors (Lipinski definition) is 3.